The van der Waals surface area contributed by atoms with Crippen molar-refractivity contribution in [2.75, 3.05) is 27.2 Å². The lowest BCUT2D eigenvalue weighted by molar-refractivity contribution is -0.119. The van der Waals surface area contributed by atoms with Crippen LogP contribution in [-0.2, 0) is 10.2 Å². The molecule has 0 radical (unpaired) electrons. The standard InChI is InChI=1S/C17H23Cl2NO2/c1-4-13(21)10-20(2)11-17(6-5-7-17)12-8-14(18)16(22-3)15(19)9-12/h8-9H,4-7,10-11H2,1-3H3. The van der Waals surface area contributed by atoms with E-state index in [0.29, 0.717) is 28.8 Å². The van der Waals surface area contributed by atoms with Gasteiger partial charge in [-0.15, -0.1) is 0 Å². The highest BCUT2D eigenvalue weighted by atomic mass is 35.5. The van der Waals surface area contributed by atoms with Crippen molar-refractivity contribution in [3.63, 3.8) is 0 Å². The third-order valence-electron chi connectivity index (χ3n) is 4.54. The van der Waals surface area contributed by atoms with E-state index in [0.717, 1.165) is 24.9 Å². The van der Waals surface area contributed by atoms with E-state index >= 15 is 0 Å². The number of ketones is 1. The molecule has 0 spiro atoms. The van der Waals surface area contributed by atoms with E-state index in [2.05, 4.69) is 4.90 Å². The summed E-state index contributed by atoms with van der Waals surface area (Å²) in [5.74, 6) is 0.791. The van der Waals surface area contributed by atoms with Crippen LogP contribution in [0.5, 0.6) is 5.75 Å². The fourth-order valence-electron chi connectivity index (χ4n) is 3.19. The van der Waals surface area contributed by atoms with E-state index in [4.69, 9.17) is 27.9 Å². The first-order valence-electron chi connectivity index (χ1n) is 7.65. The van der Waals surface area contributed by atoms with Gasteiger partial charge in [-0.25, -0.2) is 0 Å². The fraction of sp³-hybridized carbons (Fsp3) is 0.588. The van der Waals surface area contributed by atoms with Gasteiger partial charge in [0.2, 0.25) is 0 Å². The molecule has 0 N–H and O–H groups in total. The van der Waals surface area contributed by atoms with Gasteiger partial charge in [-0.2, -0.15) is 0 Å². The highest BCUT2D eigenvalue weighted by molar-refractivity contribution is 6.37. The molecule has 1 saturated carbocycles. The lowest BCUT2D eigenvalue weighted by atomic mass is 9.64. The number of nitrogens with zero attached hydrogens (tertiary/aromatic N) is 1. The van der Waals surface area contributed by atoms with Gasteiger partial charge in [0, 0.05) is 18.4 Å². The quantitative estimate of drug-likeness (QED) is 0.737. The van der Waals surface area contributed by atoms with Crippen molar-refractivity contribution in [1.29, 1.82) is 0 Å². The Morgan fingerprint density at radius 2 is 1.91 bits per heavy atom. The van der Waals surface area contributed by atoms with Gasteiger partial charge in [0.25, 0.3) is 0 Å². The van der Waals surface area contributed by atoms with Gasteiger partial charge in [0.1, 0.15) is 5.78 Å². The summed E-state index contributed by atoms with van der Waals surface area (Å²) in [5.41, 5.74) is 1.19. The number of halogens is 2. The predicted molar refractivity (Wildman–Crippen MR) is 91.3 cm³/mol. The molecule has 1 aliphatic carbocycles. The molecule has 0 heterocycles. The molecule has 122 valence electrons. The van der Waals surface area contributed by atoms with Gasteiger partial charge >= 0.3 is 0 Å². The Morgan fingerprint density at radius 3 is 2.32 bits per heavy atom. The monoisotopic (exact) mass is 343 g/mol. The van der Waals surface area contributed by atoms with Gasteiger partial charge < -0.3 is 4.74 Å². The maximum atomic E-state index is 11.6. The van der Waals surface area contributed by atoms with Crippen LogP contribution in [0.1, 0.15) is 38.2 Å². The van der Waals surface area contributed by atoms with Gasteiger partial charge in [0.05, 0.1) is 23.7 Å². The summed E-state index contributed by atoms with van der Waals surface area (Å²) in [7, 11) is 3.57. The van der Waals surface area contributed by atoms with Crippen LogP contribution >= 0.6 is 23.2 Å². The number of carbonyl (C=O) groups is 1. The third kappa shape index (κ3) is 3.58. The largest absolute Gasteiger partial charge is 0.494 e. The first kappa shape index (κ1) is 17.6. The van der Waals surface area contributed by atoms with Crippen LogP contribution in [0.15, 0.2) is 12.1 Å². The third-order valence-corrected chi connectivity index (χ3v) is 5.10. The van der Waals surface area contributed by atoms with Crippen molar-refractivity contribution < 1.29 is 9.53 Å². The number of benzene rings is 1. The molecule has 5 heteroatoms. The average Bonchev–Trinajstić information content (AvgIpc) is 2.42. The Kier molecular flexibility index (Phi) is 5.76. The van der Waals surface area contributed by atoms with Gasteiger partial charge in [-0.3, -0.25) is 9.69 Å². The van der Waals surface area contributed by atoms with E-state index in [-0.39, 0.29) is 11.2 Å². The number of ether oxygens (including phenoxy) is 1. The van der Waals surface area contributed by atoms with Crippen molar-refractivity contribution in [3.8, 4) is 5.75 Å². The minimum Gasteiger partial charge on any atom is -0.494 e. The molecule has 1 fully saturated rings. The summed E-state index contributed by atoms with van der Waals surface area (Å²) in [5, 5.41) is 1.09. The summed E-state index contributed by atoms with van der Waals surface area (Å²) >= 11 is 12.6. The number of Topliss-reactive ketones (excluding diaryl/α,β-unsaturated/α-hetero) is 1. The van der Waals surface area contributed by atoms with Crippen LogP contribution in [-0.4, -0.2) is 37.9 Å². The zero-order chi connectivity index (χ0) is 16.3. The zero-order valence-corrected chi connectivity index (χ0v) is 14.9. The van der Waals surface area contributed by atoms with Crippen molar-refractivity contribution >= 4 is 29.0 Å². The van der Waals surface area contributed by atoms with E-state index < -0.39 is 0 Å². The zero-order valence-electron chi connectivity index (χ0n) is 13.4. The summed E-state index contributed by atoms with van der Waals surface area (Å²) in [4.78, 5) is 13.8. The summed E-state index contributed by atoms with van der Waals surface area (Å²) in [6, 6.07) is 3.92. The molecular formula is C17H23Cl2NO2. The SMILES string of the molecule is CCC(=O)CN(C)CC1(c2cc(Cl)c(OC)c(Cl)c2)CCC1. The Bertz CT molecular complexity index is 533. The van der Waals surface area contributed by atoms with E-state index in [1.54, 1.807) is 7.11 Å². The maximum absolute atomic E-state index is 11.6. The highest BCUT2D eigenvalue weighted by Gasteiger charge is 2.40. The average molecular weight is 344 g/mol. The Hall–Kier alpha value is -0.770. The molecule has 1 aromatic carbocycles. The van der Waals surface area contributed by atoms with Crippen molar-refractivity contribution in [3.05, 3.63) is 27.7 Å². The Balaban J connectivity index is 2.22. The van der Waals surface area contributed by atoms with Crippen LogP contribution < -0.4 is 4.74 Å². The maximum Gasteiger partial charge on any atom is 0.156 e. The minimum atomic E-state index is 0.0440. The van der Waals surface area contributed by atoms with Crippen LogP contribution in [0, 0.1) is 0 Å². The molecule has 0 aliphatic heterocycles. The number of hydrogen-bond donors (Lipinski definition) is 0. The molecule has 0 unspecified atom stereocenters. The molecule has 1 aliphatic rings. The van der Waals surface area contributed by atoms with Gasteiger partial charge in [-0.1, -0.05) is 36.5 Å². The lowest BCUT2D eigenvalue weighted by Gasteiger charge is -2.45. The summed E-state index contributed by atoms with van der Waals surface area (Å²) in [6.45, 7) is 3.24. The smallest absolute Gasteiger partial charge is 0.156 e. The second-order valence-corrected chi connectivity index (χ2v) is 6.99. The molecule has 1 aromatic rings. The van der Waals surface area contributed by atoms with Crippen molar-refractivity contribution in [2.24, 2.45) is 0 Å². The molecule has 3 nitrogen and oxygen atoms in total. The molecule has 0 atom stereocenters. The Morgan fingerprint density at radius 1 is 1.32 bits per heavy atom. The minimum absolute atomic E-state index is 0.0440. The van der Waals surface area contributed by atoms with E-state index in [9.17, 15) is 4.79 Å². The molecule has 0 amide bonds. The number of likely N-dealkylation sites (N-methyl/N-ethyl adjacent to an activating group) is 1. The van der Waals surface area contributed by atoms with Crippen molar-refractivity contribution in [1.82, 2.24) is 4.90 Å². The number of carbonyl (C=O) groups excluding carboxylic acids is 1. The number of rotatable bonds is 7. The van der Waals surface area contributed by atoms with Crippen molar-refractivity contribution in [2.45, 2.75) is 38.0 Å². The van der Waals surface area contributed by atoms with Crippen LogP contribution in [0.25, 0.3) is 0 Å². The van der Waals surface area contributed by atoms with Crippen LogP contribution in [0.2, 0.25) is 10.0 Å². The van der Waals surface area contributed by atoms with E-state index in [1.807, 2.05) is 26.1 Å². The van der Waals surface area contributed by atoms with Crippen LogP contribution in [0.3, 0.4) is 0 Å². The van der Waals surface area contributed by atoms with Gasteiger partial charge in [0.15, 0.2) is 5.75 Å². The second kappa shape index (κ2) is 7.20. The fourth-order valence-corrected chi connectivity index (χ4v) is 3.83. The lowest BCUT2D eigenvalue weighted by Crippen LogP contribution is -2.45. The topological polar surface area (TPSA) is 29.5 Å². The predicted octanol–water partition coefficient (Wildman–Crippen LogP) is 4.33. The molecule has 0 bridgehead atoms. The molecule has 0 aromatic heterocycles. The Labute approximate surface area is 142 Å². The molecular weight excluding hydrogens is 321 g/mol. The van der Waals surface area contributed by atoms with Crippen LogP contribution in [0.4, 0.5) is 0 Å². The summed E-state index contributed by atoms with van der Waals surface area (Å²) in [6.07, 6.45) is 3.96. The molecule has 22 heavy (non-hydrogen) atoms. The van der Waals surface area contributed by atoms with Gasteiger partial charge in [-0.05, 0) is 37.6 Å². The normalized spacial score (nSPS) is 16.5. The first-order chi connectivity index (χ1) is 10.4. The molecule has 2 rings (SSSR count). The second-order valence-electron chi connectivity index (χ2n) is 6.17. The molecule has 0 saturated heterocycles. The summed E-state index contributed by atoms with van der Waals surface area (Å²) < 4.78 is 5.22. The first-order valence-corrected chi connectivity index (χ1v) is 8.41. The number of hydrogen-bond acceptors (Lipinski definition) is 3. The highest BCUT2D eigenvalue weighted by Crippen LogP contribution is 2.47. The van der Waals surface area contributed by atoms with E-state index in [1.165, 1.54) is 6.42 Å². The number of methoxy groups -OCH3 is 1.